The van der Waals surface area contributed by atoms with Gasteiger partial charge in [0, 0.05) is 51.1 Å². The zero-order chi connectivity index (χ0) is 19.9. The number of halogens is 2. The molecule has 2 bridgehead atoms. The molecule has 0 aromatic heterocycles. The summed E-state index contributed by atoms with van der Waals surface area (Å²) in [6, 6.07) is 0.536. The van der Waals surface area contributed by atoms with E-state index in [4.69, 9.17) is 0 Å². The molecule has 3 rings (SSSR count). The second-order valence-electron chi connectivity index (χ2n) is 7.94. The van der Waals surface area contributed by atoms with Crippen molar-refractivity contribution in [1.82, 2.24) is 14.7 Å². The van der Waals surface area contributed by atoms with Crippen LogP contribution in [0.25, 0.3) is 0 Å². The third kappa shape index (κ3) is 6.36. The van der Waals surface area contributed by atoms with Gasteiger partial charge >= 0.3 is 6.03 Å². The number of carbonyl (C=O) groups is 1. The van der Waals surface area contributed by atoms with Crippen LogP contribution in [-0.4, -0.2) is 72.0 Å². The van der Waals surface area contributed by atoms with Crippen molar-refractivity contribution in [2.24, 2.45) is 5.92 Å². The first-order valence-corrected chi connectivity index (χ1v) is 10.4. The topological polar surface area (TPSA) is 26.8 Å². The van der Waals surface area contributed by atoms with E-state index in [0.717, 1.165) is 31.8 Å². The van der Waals surface area contributed by atoms with E-state index in [1.807, 2.05) is 18.7 Å². The van der Waals surface area contributed by atoms with E-state index >= 15 is 0 Å². The van der Waals surface area contributed by atoms with Crippen LogP contribution in [0, 0.1) is 5.92 Å². The SMILES string of the molecule is CC.CCC(C)C.CN1CC2CCC(C1)N2C(=O)N1CCC(F)(F)CC1. The molecule has 2 amide bonds. The number of rotatable bonds is 1. The maximum atomic E-state index is 13.1. The first-order chi connectivity index (χ1) is 12.2. The molecule has 6 heteroatoms. The van der Waals surface area contributed by atoms with Crippen LogP contribution in [0.15, 0.2) is 0 Å². The smallest absolute Gasteiger partial charge is 0.320 e. The molecular weight excluding hydrogens is 336 g/mol. The fourth-order valence-electron chi connectivity index (χ4n) is 3.61. The number of hydrogen-bond acceptors (Lipinski definition) is 2. The van der Waals surface area contributed by atoms with Crippen LogP contribution in [0.4, 0.5) is 13.6 Å². The lowest BCUT2D eigenvalue weighted by molar-refractivity contribution is -0.0511. The lowest BCUT2D eigenvalue weighted by Gasteiger charge is -2.43. The Hall–Kier alpha value is -0.910. The normalized spacial score (nSPS) is 27.4. The van der Waals surface area contributed by atoms with E-state index in [1.54, 1.807) is 4.90 Å². The molecular formula is C20H39F2N3O. The van der Waals surface area contributed by atoms with Gasteiger partial charge < -0.3 is 14.7 Å². The minimum atomic E-state index is -2.59. The molecule has 2 unspecified atom stereocenters. The Bertz CT molecular complexity index is 407. The Labute approximate surface area is 158 Å². The van der Waals surface area contributed by atoms with Gasteiger partial charge in [-0.15, -0.1) is 0 Å². The van der Waals surface area contributed by atoms with Crippen molar-refractivity contribution >= 4 is 6.03 Å². The van der Waals surface area contributed by atoms with Gasteiger partial charge in [-0.3, -0.25) is 0 Å². The number of alkyl halides is 2. The lowest BCUT2D eigenvalue weighted by Crippen LogP contribution is -2.59. The fourth-order valence-corrected chi connectivity index (χ4v) is 3.61. The predicted octanol–water partition coefficient (Wildman–Crippen LogP) is 4.69. The third-order valence-corrected chi connectivity index (χ3v) is 5.47. The van der Waals surface area contributed by atoms with Crippen molar-refractivity contribution in [3.05, 3.63) is 0 Å². The van der Waals surface area contributed by atoms with Crippen LogP contribution >= 0.6 is 0 Å². The molecule has 0 radical (unpaired) electrons. The number of hydrogen-bond donors (Lipinski definition) is 0. The molecule has 0 aliphatic carbocycles. The van der Waals surface area contributed by atoms with Crippen LogP contribution in [0.1, 0.15) is 66.7 Å². The minimum absolute atomic E-state index is 0.0175. The number of fused-ring (bicyclic) bond motifs is 2. The van der Waals surface area contributed by atoms with E-state index in [1.165, 1.54) is 6.42 Å². The predicted molar refractivity (Wildman–Crippen MR) is 104 cm³/mol. The molecule has 3 heterocycles. The quantitative estimate of drug-likeness (QED) is 0.664. The van der Waals surface area contributed by atoms with Gasteiger partial charge in [0.25, 0.3) is 5.92 Å². The molecule has 0 aromatic carbocycles. The highest BCUT2D eigenvalue weighted by atomic mass is 19.3. The second-order valence-corrected chi connectivity index (χ2v) is 7.94. The molecule has 3 fully saturated rings. The molecule has 26 heavy (non-hydrogen) atoms. The van der Waals surface area contributed by atoms with Gasteiger partial charge in [-0.2, -0.15) is 0 Å². The van der Waals surface area contributed by atoms with E-state index in [9.17, 15) is 13.6 Å². The van der Waals surface area contributed by atoms with E-state index in [-0.39, 0.29) is 44.0 Å². The van der Waals surface area contributed by atoms with Crippen molar-refractivity contribution in [2.75, 3.05) is 33.2 Å². The zero-order valence-corrected chi connectivity index (χ0v) is 17.6. The van der Waals surface area contributed by atoms with Crippen LogP contribution in [0.2, 0.25) is 0 Å². The van der Waals surface area contributed by atoms with Crippen molar-refractivity contribution in [2.45, 2.75) is 84.7 Å². The Kier molecular flexibility index (Phi) is 9.28. The van der Waals surface area contributed by atoms with Gasteiger partial charge in [-0.05, 0) is 25.8 Å². The summed E-state index contributed by atoms with van der Waals surface area (Å²) in [4.78, 5) is 18.4. The minimum Gasteiger partial charge on any atom is -0.324 e. The van der Waals surface area contributed by atoms with Crippen molar-refractivity contribution in [3.63, 3.8) is 0 Å². The zero-order valence-electron chi connectivity index (χ0n) is 17.6. The second kappa shape index (κ2) is 10.4. The van der Waals surface area contributed by atoms with Crippen LogP contribution in [-0.2, 0) is 0 Å². The van der Waals surface area contributed by atoms with Gasteiger partial charge in [-0.25, -0.2) is 13.6 Å². The molecule has 3 saturated heterocycles. The summed E-state index contributed by atoms with van der Waals surface area (Å²) in [7, 11) is 2.08. The first kappa shape index (κ1) is 23.1. The average Bonchev–Trinajstić information content (AvgIpc) is 2.88. The van der Waals surface area contributed by atoms with Crippen LogP contribution in [0.3, 0.4) is 0 Å². The highest BCUT2D eigenvalue weighted by molar-refractivity contribution is 5.76. The highest BCUT2D eigenvalue weighted by Gasteiger charge is 2.44. The number of likely N-dealkylation sites (N-methyl/N-ethyl adjacent to an activating group) is 1. The lowest BCUT2D eigenvalue weighted by atomic mass is 10.1. The fraction of sp³-hybridized carbons (Fsp3) is 0.950. The summed E-state index contributed by atoms with van der Waals surface area (Å²) in [5, 5.41) is 0. The summed E-state index contributed by atoms with van der Waals surface area (Å²) in [6.07, 6.45) is 3.01. The van der Waals surface area contributed by atoms with Crippen molar-refractivity contribution < 1.29 is 13.6 Å². The Balaban J connectivity index is 0.000000420. The summed E-state index contributed by atoms with van der Waals surface area (Å²) in [5.41, 5.74) is 0. The molecule has 154 valence electrons. The van der Waals surface area contributed by atoms with Crippen LogP contribution in [0.5, 0.6) is 0 Å². The van der Waals surface area contributed by atoms with E-state index in [0.29, 0.717) is 0 Å². The molecule has 4 nitrogen and oxygen atoms in total. The van der Waals surface area contributed by atoms with Gasteiger partial charge in [-0.1, -0.05) is 41.0 Å². The van der Waals surface area contributed by atoms with E-state index in [2.05, 4.69) is 32.7 Å². The maximum absolute atomic E-state index is 13.1. The van der Waals surface area contributed by atoms with Gasteiger partial charge in [0.15, 0.2) is 0 Å². The molecule has 0 aromatic rings. The van der Waals surface area contributed by atoms with Crippen LogP contribution < -0.4 is 0 Å². The maximum Gasteiger partial charge on any atom is 0.320 e. The molecule has 0 spiro atoms. The molecule has 3 aliphatic heterocycles. The summed E-state index contributed by atoms with van der Waals surface area (Å²) in [6.45, 7) is 12.8. The molecule has 3 aliphatic rings. The molecule has 0 saturated carbocycles. The third-order valence-electron chi connectivity index (χ3n) is 5.47. The van der Waals surface area contributed by atoms with E-state index < -0.39 is 5.92 Å². The summed E-state index contributed by atoms with van der Waals surface area (Å²) < 4.78 is 26.3. The number of piperazine rings is 1. The largest absolute Gasteiger partial charge is 0.324 e. The number of piperidine rings is 1. The standard InChI is InChI=1S/C13H21F2N3O.C5H12.C2H6/c1-16-8-10-2-3-11(9-16)18(10)12(19)17-6-4-13(14,15)5-7-17;1-4-5(2)3;1-2/h10-11H,2-9H2,1H3;5H,4H2,1-3H3;1-2H3. The van der Waals surface area contributed by atoms with Crippen molar-refractivity contribution in [3.8, 4) is 0 Å². The average molecular weight is 376 g/mol. The van der Waals surface area contributed by atoms with Gasteiger partial charge in [0.1, 0.15) is 0 Å². The van der Waals surface area contributed by atoms with Gasteiger partial charge in [0.2, 0.25) is 0 Å². The summed E-state index contributed by atoms with van der Waals surface area (Å²) >= 11 is 0. The van der Waals surface area contributed by atoms with Crippen molar-refractivity contribution in [1.29, 1.82) is 0 Å². The first-order valence-electron chi connectivity index (χ1n) is 10.4. The number of likely N-dealkylation sites (tertiary alicyclic amines) is 2. The summed E-state index contributed by atoms with van der Waals surface area (Å²) in [5.74, 6) is -1.70. The molecule has 0 N–H and O–H groups in total. The molecule has 2 atom stereocenters. The number of nitrogens with zero attached hydrogens (tertiary/aromatic N) is 3. The Morgan fingerprint density at radius 2 is 1.50 bits per heavy atom. The highest BCUT2D eigenvalue weighted by Crippen LogP contribution is 2.33. The number of carbonyl (C=O) groups excluding carboxylic acids is 1. The number of urea groups is 1. The Morgan fingerprint density at radius 3 is 1.88 bits per heavy atom. The number of amides is 2. The van der Waals surface area contributed by atoms with Gasteiger partial charge in [0.05, 0.1) is 0 Å². The Morgan fingerprint density at radius 1 is 1.08 bits per heavy atom. The monoisotopic (exact) mass is 375 g/mol.